The number of hydrogen-bond donors (Lipinski definition) is 1. The number of allylic oxidation sites excluding steroid dienone is 1. The van der Waals surface area contributed by atoms with Gasteiger partial charge in [-0.25, -0.2) is 0 Å². The summed E-state index contributed by atoms with van der Waals surface area (Å²) < 4.78 is 0. The van der Waals surface area contributed by atoms with Gasteiger partial charge in [0.2, 0.25) is 5.91 Å². The lowest BCUT2D eigenvalue weighted by molar-refractivity contribution is -0.130. The van der Waals surface area contributed by atoms with Crippen molar-refractivity contribution in [3.8, 4) is 0 Å². The van der Waals surface area contributed by atoms with E-state index in [4.69, 9.17) is 0 Å². The molecule has 1 atom stereocenters. The van der Waals surface area contributed by atoms with Crippen LogP contribution in [-0.2, 0) is 4.79 Å². The number of nitrogens with one attached hydrogen (secondary N) is 1. The van der Waals surface area contributed by atoms with Gasteiger partial charge in [0.25, 0.3) is 0 Å². The van der Waals surface area contributed by atoms with E-state index in [1.807, 2.05) is 24.8 Å². The lowest BCUT2D eigenvalue weighted by Gasteiger charge is -2.19. The maximum Gasteiger partial charge on any atom is 0.223 e. The molecule has 94 valence electrons. The van der Waals surface area contributed by atoms with Crippen LogP contribution in [0.3, 0.4) is 0 Å². The molecule has 0 aromatic heterocycles. The summed E-state index contributed by atoms with van der Waals surface area (Å²) in [4.78, 5) is 13.5. The molecule has 3 heteroatoms. The van der Waals surface area contributed by atoms with E-state index >= 15 is 0 Å². The van der Waals surface area contributed by atoms with E-state index in [1.54, 1.807) is 0 Å². The van der Waals surface area contributed by atoms with Crippen molar-refractivity contribution < 1.29 is 4.79 Å². The number of carbonyl (C=O) groups excluding carboxylic acids is 1. The van der Waals surface area contributed by atoms with Crippen molar-refractivity contribution >= 4 is 5.91 Å². The molecule has 0 radical (unpaired) electrons. The predicted octanol–water partition coefficient (Wildman–Crippen LogP) is 2.19. The lowest BCUT2D eigenvalue weighted by Crippen LogP contribution is -2.35. The zero-order chi connectivity index (χ0) is 12.4. The summed E-state index contributed by atoms with van der Waals surface area (Å²) in [5, 5.41) is 3.36. The van der Waals surface area contributed by atoms with Gasteiger partial charge < -0.3 is 10.2 Å². The third kappa shape index (κ3) is 6.62. The minimum Gasteiger partial charge on any atom is -0.343 e. The van der Waals surface area contributed by atoms with Crippen LogP contribution in [0.1, 0.15) is 40.0 Å². The molecule has 1 N–H and O–H groups in total. The molecule has 16 heavy (non-hydrogen) atoms. The zero-order valence-corrected chi connectivity index (χ0v) is 11.0. The first-order valence-corrected chi connectivity index (χ1v) is 6.27. The van der Waals surface area contributed by atoms with Gasteiger partial charge in [-0.05, 0) is 33.6 Å². The predicted molar refractivity (Wildman–Crippen MR) is 69.4 cm³/mol. The van der Waals surface area contributed by atoms with Crippen LogP contribution < -0.4 is 5.32 Å². The maximum absolute atomic E-state index is 11.7. The van der Waals surface area contributed by atoms with Crippen LogP contribution in [0, 0.1) is 0 Å². The largest absolute Gasteiger partial charge is 0.343 e. The zero-order valence-electron chi connectivity index (χ0n) is 11.0. The molecule has 0 aliphatic carbocycles. The Morgan fingerprint density at radius 1 is 1.44 bits per heavy atom. The minimum atomic E-state index is 0.244. The fraction of sp³-hybridized carbons (Fsp3) is 0.769. The summed E-state index contributed by atoms with van der Waals surface area (Å²) in [7, 11) is 0. The number of carbonyl (C=O) groups is 1. The molecule has 0 bridgehead atoms. The Bertz CT molecular complexity index is 200. The first-order valence-electron chi connectivity index (χ1n) is 6.27. The molecule has 1 amide bonds. The second kappa shape index (κ2) is 9.40. The van der Waals surface area contributed by atoms with Crippen LogP contribution in [-0.4, -0.2) is 36.5 Å². The molecule has 0 rings (SSSR count). The summed E-state index contributed by atoms with van der Waals surface area (Å²) in [6, 6.07) is 0.461. The fourth-order valence-electron chi connectivity index (χ4n) is 1.63. The molecular formula is C13H26N2O. The Labute approximate surface area is 99.9 Å². The molecular weight excluding hydrogens is 200 g/mol. The molecule has 0 aromatic rings. The third-order valence-electron chi connectivity index (χ3n) is 2.75. The molecule has 0 fully saturated rings. The van der Waals surface area contributed by atoms with Crippen LogP contribution in [0.4, 0.5) is 0 Å². The van der Waals surface area contributed by atoms with E-state index < -0.39 is 0 Å². The van der Waals surface area contributed by atoms with E-state index in [9.17, 15) is 4.79 Å². The number of nitrogens with zero attached hydrogens (tertiary/aromatic N) is 1. The second-order valence-electron chi connectivity index (χ2n) is 4.04. The van der Waals surface area contributed by atoms with E-state index in [1.165, 1.54) is 0 Å². The van der Waals surface area contributed by atoms with Crippen molar-refractivity contribution in [1.29, 1.82) is 0 Å². The van der Waals surface area contributed by atoms with E-state index in [0.717, 1.165) is 32.5 Å². The maximum atomic E-state index is 11.7. The highest BCUT2D eigenvalue weighted by molar-refractivity contribution is 5.76. The minimum absolute atomic E-state index is 0.244. The summed E-state index contributed by atoms with van der Waals surface area (Å²) in [5.41, 5.74) is 0. The van der Waals surface area contributed by atoms with E-state index in [2.05, 4.69) is 18.8 Å². The molecule has 0 aromatic carbocycles. The van der Waals surface area contributed by atoms with Gasteiger partial charge >= 0.3 is 0 Å². The average molecular weight is 226 g/mol. The highest BCUT2D eigenvalue weighted by Crippen LogP contribution is 1.98. The topological polar surface area (TPSA) is 32.3 Å². The van der Waals surface area contributed by atoms with Crippen LogP contribution in [0.15, 0.2) is 12.7 Å². The highest BCUT2D eigenvalue weighted by atomic mass is 16.2. The Morgan fingerprint density at radius 3 is 2.56 bits per heavy atom. The van der Waals surface area contributed by atoms with Gasteiger partial charge in [-0.15, -0.1) is 6.58 Å². The normalized spacial score (nSPS) is 12.2. The van der Waals surface area contributed by atoms with Crippen molar-refractivity contribution in [1.82, 2.24) is 10.2 Å². The third-order valence-corrected chi connectivity index (χ3v) is 2.75. The molecule has 0 heterocycles. The van der Waals surface area contributed by atoms with E-state index in [-0.39, 0.29) is 5.91 Å². The van der Waals surface area contributed by atoms with Crippen LogP contribution in [0.5, 0.6) is 0 Å². The Balaban J connectivity index is 3.64. The summed E-state index contributed by atoms with van der Waals surface area (Å²) in [5.74, 6) is 0.244. The highest BCUT2D eigenvalue weighted by Gasteiger charge is 2.09. The number of rotatable bonds is 9. The smallest absolute Gasteiger partial charge is 0.223 e. The molecule has 0 aliphatic rings. The Hall–Kier alpha value is -0.830. The molecule has 3 nitrogen and oxygen atoms in total. The van der Waals surface area contributed by atoms with Gasteiger partial charge in [0.05, 0.1) is 0 Å². The number of hydrogen-bond acceptors (Lipinski definition) is 2. The van der Waals surface area contributed by atoms with Gasteiger partial charge in [-0.3, -0.25) is 4.79 Å². The average Bonchev–Trinajstić information content (AvgIpc) is 2.28. The van der Waals surface area contributed by atoms with Crippen LogP contribution in [0.25, 0.3) is 0 Å². The van der Waals surface area contributed by atoms with Gasteiger partial charge in [0.1, 0.15) is 0 Å². The van der Waals surface area contributed by atoms with Crippen molar-refractivity contribution in [2.45, 2.75) is 46.1 Å². The van der Waals surface area contributed by atoms with Crippen molar-refractivity contribution in [2.75, 3.05) is 19.6 Å². The molecule has 0 spiro atoms. The first kappa shape index (κ1) is 15.2. The fourth-order valence-corrected chi connectivity index (χ4v) is 1.63. The Kier molecular flexibility index (Phi) is 8.91. The van der Waals surface area contributed by atoms with Crippen LogP contribution >= 0.6 is 0 Å². The first-order chi connectivity index (χ1) is 7.65. The van der Waals surface area contributed by atoms with Gasteiger partial charge in [-0.1, -0.05) is 6.08 Å². The Morgan fingerprint density at radius 2 is 2.06 bits per heavy atom. The molecule has 0 saturated heterocycles. The monoisotopic (exact) mass is 226 g/mol. The van der Waals surface area contributed by atoms with Crippen LogP contribution in [0.2, 0.25) is 0 Å². The standard InChI is InChI=1S/C13H26N2O/c1-5-8-9-12(4)14-11-10-13(16)15(6-2)7-3/h5,12,14H,1,6-11H2,2-4H3. The quantitative estimate of drug-likeness (QED) is 0.611. The number of amides is 1. The van der Waals surface area contributed by atoms with E-state index in [0.29, 0.717) is 12.5 Å². The molecule has 1 unspecified atom stereocenters. The van der Waals surface area contributed by atoms with Gasteiger partial charge in [-0.2, -0.15) is 0 Å². The molecule has 0 aliphatic heterocycles. The van der Waals surface area contributed by atoms with Gasteiger partial charge in [0.15, 0.2) is 0 Å². The van der Waals surface area contributed by atoms with Crippen molar-refractivity contribution in [3.63, 3.8) is 0 Å². The SMILES string of the molecule is C=CCCC(C)NCCC(=O)N(CC)CC. The van der Waals surface area contributed by atoms with Crippen molar-refractivity contribution in [3.05, 3.63) is 12.7 Å². The lowest BCUT2D eigenvalue weighted by atomic mass is 10.2. The summed E-state index contributed by atoms with van der Waals surface area (Å²) >= 11 is 0. The molecule has 0 saturated carbocycles. The van der Waals surface area contributed by atoms with Crippen molar-refractivity contribution in [2.24, 2.45) is 0 Å². The van der Waals surface area contributed by atoms with Gasteiger partial charge in [0, 0.05) is 32.1 Å². The summed E-state index contributed by atoms with van der Waals surface area (Å²) in [6.07, 6.45) is 4.64. The second-order valence-corrected chi connectivity index (χ2v) is 4.04. The summed E-state index contributed by atoms with van der Waals surface area (Å²) in [6.45, 7) is 12.3.